The van der Waals surface area contributed by atoms with E-state index in [1.165, 1.54) is 0 Å². The average Bonchev–Trinajstić information content (AvgIpc) is 2.99. The Labute approximate surface area is 171 Å². The van der Waals surface area contributed by atoms with Crippen molar-refractivity contribution in [3.05, 3.63) is 71.3 Å². The van der Waals surface area contributed by atoms with Crippen LogP contribution in [0.25, 0.3) is 0 Å². The van der Waals surface area contributed by atoms with Crippen LogP contribution in [-0.2, 0) is 27.3 Å². The summed E-state index contributed by atoms with van der Waals surface area (Å²) in [6, 6.07) is 17.5. The van der Waals surface area contributed by atoms with E-state index in [4.69, 9.17) is 19.9 Å². The van der Waals surface area contributed by atoms with Crippen LogP contribution in [0, 0.1) is 0 Å². The normalized spacial score (nSPS) is 26.7. The van der Waals surface area contributed by atoms with Gasteiger partial charge in [0, 0.05) is 19.5 Å². The standard InChI is InChI=1S/C23H28N2O4/c1-23-13-5-8-19(28-23)21(29-23)20(18-6-3-2-4-7-18)27-22(26)25-15-17-11-9-16(14-24)10-12-17/h2-4,6-7,9-12,19-21H,5,8,13-15,24H2,1H3,(H,25,26)/t19-,20-,21+,23-/m0/s1. The Kier molecular flexibility index (Phi) is 5.85. The molecule has 2 bridgehead atoms. The van der Waals surface area contributed by atoms with Gasteiger partial charge in [-0.3, -0.25) is 0 Å². The molecule has 6 heteroatoms. The fraction of sp³-hybridized carbons (Fsp3) is 0.435. The van der Waals surface area contributed by atoms with E-state index in [9.17, 15) is 4.79 Å². The van der Waals surface area contributed by atoms with E-state index >= 15 is 0 Å². The maximum atomic E-state index is 12.6. The third-order valence-electron chi connectivity index (χ3n) is 5.63. The second-order valence-corrected chi connectivity index (χ2v) is 7.88. The third-order valence-corrected chi connectivity index (χ3v) is 5.63. The van der Waals surface area contributed by atoms with Crippen LogP contribution in [-0.4, -0.2) is 24.1 Å². The number of ether oxygens (including phenoxy) is 3. The fourth-order valence-electron chi connectivity index (χ4n) is 4.09. The minimum atomic E-state index is -0.592. The van der Waals surface area contributed by atoms with E-state index in [2.05, 4.69) is 5.32 Å². The van der Waals surface area contributed by atoms with E-state index in [0.29, 0.717) is 13.1 Å². The molecular weight excluding hydrogens is 368 g/mol. The molecule has 2 heterocycles. The van der Waals surface area contributed by atoms with E-state index in [1.54, 1.807) is 0 Å². The van der Waals surface area contributed by atoms with E-state index in [-0.39, 0.29) is 12.2 Å². The number of nitrogens with one attached hydrogen (secondary N) is 1. The van der Waals surface area contributed by atoms with Crippen molar-refractivity contribution in [1.29, 1.82) is 0 Å². The van der Waals surface area contributed by atoms with Crippen molar-refractivity contribution in [2.24, 2.45) is 5.73 Å². The zero-order valence-electron chi connectivity index (χ0n) is 16.7. The lowest BCUT2D eigenvalue weighted by atomic mass is 9.96. The number of benzene rings is 2. The van der Waals surface area contributed by atoms with Crippen LogP contribution in [0.4, 0.5) is 4.79 Å². The first-order chi connectivity index (χ1) is 14.1. The van der Waals surface area contributed by atoms with Gasteiger partial charge >= 0.3 is 6.09 Å². The highest BCUT2D eigenvalue weighted by molar-refractivity contribution is 5.67. The first-order valence-corrected chi connectivity index (χ1v) is 10.2. The van der Waals surface area contributed by atoms with Gasteiger partial charge in [-0.1, -0.05) is 54.6 Å². The summed E-state index contributed by atoms with van der Waals surface area (Å²) in [5, 5.41) is 2.84. The maximum Gasteiger partial charge on any atom is 0.408 e. The molecule has 2 aliphatic rings. The minimum Gasteiger partial charge on any atom is -0.438 e. The Bertz CT molecular complexity index is 827. The molecule has 2 aromatic carbocycles. The van der Waals surface area contributed by atoms with E-state index in [0.717, 1.165) is 36.0 Å². The monoisotopic (exact) mass is 396 g/mol. The summed E-state index contributed by atoms with van der Waals surface area (Å²) >= 11 is 0. The Balaban J connectivity index is 1.45. The molecule has 2 aliphatic heterocycles. The Hall–Kier alpha value is -2.41. The summed E-state index contributed by atoms with van der Waals surface area (Å²) in [6.45, 7) is 2.85. The Morgan fingerprint density at radius 1 is 1.17 bits per heavy atom. The molecule has 0 spiro atoms. The Morgan fingerprint density at radius 2 is 1.90 bits per heavy atom. The van der Waals surface area contributed by atoms with Crippen LogP contribution in [0.3, 0.4) is 0 Å². The van der Waals surface area contributed by atoms with Gasteiger partial charge in [0.2, 0.25) is 0 Å². The molecule has 4 atom stereocenters. The smallest absolute Gasteiger partial charge is 0.408 e. The second-order valence-electron chi connectivity index (χ2n) is 7.88. The van der Waals surface area contributed by atoms with Gasteiger partial charge in [-0.25, -0.2) is 4.79 Å². The molecule has 0 aromatic heterocycles. The number of amides is 1. The van der Waals surface area contributed by atoms with E-state index < -0.39 is 18.0 Å². The Morgan fingerprint density at radius 3 is 2.59 bits per heavy atom. The van der Waals surface area contributed by atoms with Crippen molar-refractivity contribution in [2.75, 3.05) is 0 Å². The molecule has 0 radical (unpaired) electrons. The average molecular weight is 396 g/mol. The molecule has 6 nitrogen and oxygen atoms in total. The van der Waals surface area contributed by atoms with E-state index in [1.807, 2.05) is 61.5 Å². The first-order valence-electron chi connectivity index (χ1n) is 10.2. The van der Waals surface area contributed by atoms with Gasteiger partial charge in [0.25, 0.3) is 0 Å². The molecule has 3 N–H and O–H groups in total. The SMILES string of the molecule is C[C@]12CCC[C@H](O1)[C@H]([C@@H](OC(=O)NCc1ccc(CN)cc1)c1ccccc1)O2. The summed E-state index contributed by atoms with van der Waals surface area (Å²) < 4.78 is 18.2. The van der Waals surface area contributed by atoms with Crippen molar-refractivity contribution in [3.8, 4) is 0 Å². The number of alkyl carbamates (subject to hydrolysis) is 1. The lowest BCUT2D eigenvalue weighted by Gasteiger charge is -2.27. The molecule has 4 rings (SSSR count). The molecule has 154 valence electrons. The van der Waals surface area contributed by atoms with Crippen molar-refractivity contribution >= 4 is 6.09 Å². The predicted octanol–water partition coefficient (Wildman–Crippen LogP) is 3.80. The molecule has 0 aliphatic carbocycles. The van der Waals surface area contributed by atoms with Gasteiger partial charge < -0.3 is 25.3 Å². The number of hydrogen-bond donors (Lipinski definition) is 2. The van der Waals surface area contributed by atoms with Crippen molar-refractivity contribution in [1.82, 2.24) is 5.32 Å². The summed E-state index contributed by atoms with van der Waals surface area (Å²) in [5.74, 6) is -0.592. The van der Waals surface area contributed by atoms with Crippen LogP contribution in [0.2, 0.25) is 0 Å². The second kappa shape index (κ2) is 8.53. The number of carbonyl (C=O) groups is 1. The zero-order valence-corrected chi connectivity index (χ0v) is 16.7. The fourth-order valence-corrected chi connectivity index (χ4v) is 4.09. The zero-order chi connectivity index (χ0) is 20.3. The van der Waals surface area contributed by atoms with Gasteiger partial charge in [-0.2, -0.15) is 0 Å². The molecule has 29 heavy (non-hydrogen) atoms. The van der Waals surface area contributed by atoms with Crippen LogP contribution >= 0.6 is 0 Å². The van der Waals surface area contributed by atoms with Gasteiger partial charge in [-0.05, 0) is 36.5 Å². The van der Waals surface area contributed by atoms with Gasteiger partial charge in [0.05, 0.1) is 6.10 Å². The number of rotatable bonds is 6. The van der Waals surface area contributed by atoms with Gasteiger partial charge in [0.1, 0.15) is 6.10 Å². The van der Waals surface area contributed by atoms with Crippen LogP contribution in [0.5, 0.6) is 0 Å². The molecule has 2 fully saturated rings. The van der Waals surface area contributed by atoms with Crippen LogP contribution < -0.4 is 11.1 Å². The first kappa shape index (κ1) is 19.9. The van der Waals surface area contributed by atoms with Gasteiger partial charge in [0.15, 0.2) is 11.9 Å². The maximum absolute atomic E-state index is 12.6. The van der Waals surface area contributed by atoms with Crippen LogP contribution in [0.15, 0.2) is 54.6 Å². The third kappa shape index (κ3) is 4.61. The minimum absolute atomic E-state index is 0.0736. The lowest BCUT2D eigenvalue weighted by molar-refractivity contribution is -0.184. The molecule has 1 amide bonds. The van der Waals surface area contributed by atoms with Crippen molar-refractivity contribution in [3.63, 3.8) is 0 Å². The highest BCUT2D eigenvalue weighted by Crippen LogP contribution is 2.44. The van der Waals surface area contributed by atoms with Crippen molar-refractivity contribution in [2.45, 2.75) is 63.4 Å². The topological polar surface area (TPSA) is 82.8 Å². The number of fused-ring (bicyclic) bond motifs is 2. The number of carbonyl (C=O) groups excluding carboxylic acids is 1. The molecule has 2 saturated heterocycles. The molecular formula is C23H28N2O4. The van der Waals surface area contributed by atoms with Crippen LogP contribution in [0.1, 0.15) is 49.0 Å². The quantitative estimate of drug-likeness (QED) is 0.776. The molecule has 0 saturated carbocycles. The highest BCUT2D eigenvalue weighted by Gasteiger charge is 2.51. The summed E-state index contributed by atoms with van der Waals surface area (Å²) in [4.78, 5) is 12.6. The lowest BCUT2D eigenvalue weighted by Crippen LogP contribution is -2.35. The molecule has 0 unspecified atom stereocenters. The summed E-state index contributed by atoms with van der Waals surface area (Å²) in [5.41, 5.74) is 8.57. The number of hydrogen-bond acceptors (Lipinski definition) is 5. The number of nitrogens with two attached hydrogens (primary N) is 1. The van der Waals surface area contributed by atoms with Crippen molar-refractivity contribution < 1.29 is 19.0 Å². The summed E-state index contributed by atoms with van der Waals surface area (Å²) in [7, 11) is 0. The largest absolute Gasteiger partial charge is 0.438 e. The summed E-state index contributed by atoms with van der Waals surface area (Å²) in [6.07, 6.45) is 1.41. The highest BCUT2D eigenvalue weighted by atomic mass is 16.8. The van der Waals surface area contributed by atoms with Gasteiger partial charge in [-0.15, -0.1) is 0 Å². The molecule has 2 aromatic rings. The predicted molar refractivity (Wildman–Crippen MR) is 109 cm³/mol.